The molecule has 1 heterocycles. The lowest BCUT2D eigenvalue weighted by Crippen LogP contribution is -2.47. The molecule has 0 N–H and O–H groups in total. The number of carbonyl (C=O) groups is 1. The van der Waals surface area contributed by atoms with E-state index in [1.807, 2.05) is 35.2 Å². The van der Waals surface area contributed by atoms with Crippen molar-refractivity contribution in [1.82, 2.24) is 9.80 Å². The van der Waals surface area contributed by atoms with Gasteiger partial charge in [0.2, 0.25) is 5.91 Å². The molecular weight excluding hydrogens is 296 g/mol. The molecular formula is C21H24N2O. The summed E-state index contributed by atoms with van der Waals surface area (Å²) < 4.78 is 0. The Kier molecular flexibility index (Phi) is 5.44. The van der Waals surface area contributed by atoms with Gasteiger partial charge in [-0.05, 0) is 29.7 Å². The lowest BCUT2D eigenvalue weighted by atomic mass is 10.1. The van der Waals surface area contributed by atoms with E-state index in [1.54, 1.807) is 6.08 Å². The van der Waals surface area contributed by atoms with Crippen LogP contribution in [0.2, 0.25) is 0 Å². The molecule has 0 radical (unpaired) electrons. The van der Waals surface area contributed by atoms with E-state index in [0.717, 1.165) is 38.3 Å². The third-order valence-corrected chi connectivity index (χ3v) is 4.53. The van der Waals surface area contributed by atoms with Crippen LogP contribution in [0.25, 0.3) is 6.08 Å². The molecule has 1 fully saturated rings. The van der Waals surface area contributed by atoms with Gasteiger partial charge in [-0.15, -0.1) is 0 Å². The first-order valence-corrected chi connectivity index (χ1v) is 8.51. The summed E-state index contributed by atoms with van der Waals surface area (Å²) in [6.07, 6.45) is 3.63. The smallest absolute Gasteiger partial charge is 0.246 e. The molecule has 0 bridgehead atoms. The van der Waals surface area contributed by atoms with Crippen molar-refractivity contribution in [2.75, 3.05) is 26.2 Å². The van der Waals surface area contributed by atoms with Gasteiger partial charge in [0, 0.05) is 38.8 Å². The van der Waals surface area contributed by atoms with E-state index in [4.69, 9.17) is 0 Å². The summed E-state index contributed by atoms with van der Waals surface area (Å²) >= 11 is 0. The maximum absolute atomic E-state index is 12.4. The Labute approximate surface area is 144 Å². The third kappa shape index (κ3) is 4.33. The molecule has 3 heteroatoms. The van der Waals surface area contributed by atoms with Gasteiger partial charge in [0.1, 0.15) is 0 Å². The molecule has 0 unspecified atom stereocenters. The summed E-state index contributed by atoms with van der Waals surface area (Å²) in [5, 5.41) is 0. The molecule has 3 nitrogen and oxygen atoms in total. The zero-order valence-electron chi connectivity index (χ0n) is 14.2. The van der Waals surface area contributed by atoms with Crippen molar-refractivity contribution in [3.05, 3.63) is 77.4 Å². The van der Waals surface area contributed by atoms with Crippen LogP contribution in [0, 0.1) is 6.92 Å². The highest BCUT2D eigenvalue weighted by atomic mass is 16.2. The number of amides is 1. The maximum atomic E-state index is 12.4. The first kappa shape index (κ1) is 16.5. The number of rotatable bonds is 4. The van der Waals surface area contributed by atoms with Crippen molar-refractivity contribution in [3.63, 3.8) is 0 Å². The Bertz CT molecular complexity index is 701. The average Bonchev–Trinajstić information content (AvgIpc) is 2.62. The maximum Gasteiger partial charge on any atom is 0.246 e. The normalized spacial score (nSPS) is 15.8. The Morgan fingerprint density at radius 3 is 2.33 bits per heavy atom. The number of hydrogen-bond acceptors (Lipinski definition) is 2. The van der Waals surface area contributed by atoms with E-state index < -0.39 is 0 Å². The van der Waals surface area contributed by atoms with Crippen LogP contribution in [0.15, 0.2) is 60.7 Å². The molecule has 1 amide bonds. The molecule has 0 aromatic heterocycles. The highest BCUT2D eigenvalue weighted by Gasteiger charge is 2.19. The van der Waals surface area contributed by atoms with Gasteiger partial charge in [-0.1, -0.05) is 54.6 Å². The van der Waals surface area contributed by atoms with Gasteiger partial charge in [0.05, 0.1) is 0 Å². The van der Waals surface area contributed by atoms with Crippen LogP contribution < -0.4 is 0 Å². The Morgan fingerprint density at radius 1 is 0.958 bits per heavy atom. The summed E-state index contributed by atoms with van der Waals surface area (Å²) in [5.74, 6) is 0.109. The fourth-order valence-electron chi connectivity index (χ4n) is 3.01. The number of carbonyl (C=O) groups excluding carboxylic acids is 1. The molecule has 1 saturated heterocycles. The number of aryl methyl sites for hydroxylation is 1. The highest BCUT2D eigenvalue weighted by Crippen LogP contribution is 2.11. The molecule has 0 aliphatic carbocycles. The summed E-state index contributed by atoms with van der Waals surface area (Å²) in [5.41, 5.74) is 3.62. The second kappa shape index (κ2) is 7.93. The molecule has 2 aromatic rings. The van der Waals surface area contributed by atoms with Crippen molar-refractivity contribution in [3.8, 4) is 0 Å². The van der Waals surface area contributed by atoms with E-state index in [9.17, 15) is 4.79 Å². The molecule has 0 spiro atoms. The van der Waals surface area contributed by atoms with E-state index in [-0.39, 0.29) is 5.91 Å². The second-order valence-corrected chi connectivity index (χ2v) is 6.28. The van der Waals surface area contributed by atoms with Crippen LogP contribution in [0.5, 0.6) is 0 Å². The number of piperazine rings is 1. The Balaban J connectivity index is 1.51. The predicted molar refractivity (Wildman–Crippen MR) is 98.5 cm³/mol. The van der Waals surface area contributed by atoms with Crippen molar-refractivity contribution >= 4 is 12.0 Å². The van der Waals surface area contributed by atoms with E-state index >= 15 is 0 Å². The summed E-state index contributed by atoms with van der Waals surface area (Å²) in [4.78, 5) is 16.7. The molecule has 1 aliphatic heterocycles. The number of benzene rings is 2. The minimum atomic E-state index is 0.109. The third-order valence-electron chi connectivity index (χ3n) is 4.53. The van der Waals surface area contributed by atoms with Crippen LogP contribution in [0.4, 0.5) is 0 Å². The quantitative estimate of drug-likeness (QED) is 0.807. The topological polar surface area (TPSA) is 23.6 Å². The summed E-state index contributed by atoms with van der Waals surface area (Å²) in [6, 6.07) is 18.6. The SMILES string of the molecule is Cc1ccccc1/C=C/C(=O)N1CCN(Cc2ccccc2)CC1. The zero-order valence-corrected chi connectivity index (χ0v) is 14.2. The molecule has 0 saturated carbocycles. The molecule has 0 atom stereocenters. The minimum absolute atomic E-state index is 0.109. The van der Waals surface area contributed by atoms with Crippen molar-refractivity contribution < 1.29 is 4.79 Å². The highest BCUT2D eigenvalue weighted by molar-refractivity contribution is 5.92. The Morgan fingerprint density at radius 2 is 1.62 bits per heavy atom. The van der Waals surface area contributed by atoms with Gasteiger partial charge in [-0.25, -0.2) is 0 Å². The van der Waals surface area contributed by atoms with Crippen LogP contribution in [-0.2, 0) is 11.3 Å². The van der Waals surface area contributed by atoms with Gasteiger partial charge in [0.25, 0.3) is 0 Å². The molecule has 124 valence electrons. The zero-order chi connectivity index (χ0) is 16.8. The largest absolute Gasteiger partial charge is 0.337 e. The number of hydrogen-bond donors (Lipinski definition) is 0. The lowest BCUT2D eigenvalue weighted by molar-refractivity contribution is -0.127. The fourth-order valence-corrected chi connectivity index (χ4v) is 3.01. The summed E-state index contributed by atoms with van der Waals surface area (Å²) in [6.45, 7) is 6.47. The van der Waals surface area contributed by atoms with Crippen molar-refractivity contribution in [2.24, 2.45) is 0 Å². The van der Waals surface area contributed by atoms with Gasteiger partial charge in [-0.3, -0.25) is 9.69 Å². The monoisotopic (exact) mass is 320 g/mol. The fraction of sp³-hybridized carbons (Fsp3) is 0.286. The van der Waals surface area contributed by atoms with Crippen molar-refractivity contribution in [1.29, 1.82) is 0 Å². The average molecular weight is 320 g/mol. The first-order chi connectivity index (χ1) is 11.7. The minimum Gasteiger partial charge on any atom is -0.337 e. The lowest BCUT2D eigenvalue weighted by Gasteiger charge is -2.34. The Hall–Kier alpha value is -2.39. The first-order valence-electron chi connectivity index (χ1n) is 8.51. The molecule has 1 aliphatic rings. The van der Waals surface area contributed by atoms with E-state index in [1.165, 1.54) is 11.1 Å². The van der Waals surface area contributed by atoms with Crippen LogP contribution >= 0.6 is 0 Å². The molecule has 2 aromatic carbocycles. The van der Waals surface area contributed by atoms with Crippen LogP contribution in [0.1, 0.15) is 16.7 Å². The van der Waals surface area contributed by atoms with E-state index in [2.05, 4.69) is 42.2 Å². The molecule has 24 heavy (non-hydrogen) atoms. The van der Waals surface area contributed by atoms with Crippen LogP contribution in [-0.4, -0.2) is 41.9 Å². The van der Waals surface area contributed by atoms with E-state index in [0.29, 0.717) is 0 Å². The standard InChI is InChI=1S/C21H24N2O/c1-18-7-5-6-10-20(18)11-12-21(24)23-15-13-22(14-16-23)17-19-8-3-2-4-9-19/h2-12H,13-17H2,1H3/b12-11+. The van der Waals surface area contributed by atoms with Gasteiger partial charge in [-0.2, -0.15) is 0 Å². The van der Waals surface area contributed by atoms with Crippen LogP contribution in [0.3, 0.4) is 0 Å². The number of nitrogens with zero attached hydrogens (tertiary/aromatic N) is 2. The van der Waals surface area contributed by atoms with Gasteiger partial charge in [0.15, 0.2) is 0 Å². The molecule has 3 rings (SSSR count). The second-order valence-electron chi connectivity index (χ2n) is 6.28. The predicted octanol–water partition coefficient (Wildman–Crippen LogP) is 3.35. The van der Waals surface area contributed by atoms with Gasteiger partial charge >= 0.3 is 0 Å². The van der Waals surface area contributed by atoms with Crippen molar-refractivity contribution in [2.45, 2.75) is 13.5 Å². The summed E-state index contributed by atoms with van der Waals surface area (Å²) in [7, 11) is 0. The van der Waals surface area contributed by atoms with Gasteiger partial charge < -0.3 is 4.90 Å².